The molecular formula is C14H17FN4O3. The number of nitrogens with one attached hydrogen (secondary N) is 1. The van der Waals surface area contributed by atoms with Crippen molar-refractivity contribution in [2.75, 3.05) is 18.8 Å². The zero-order valence-corrected chi connectivity index (χ0v) is 11.9. The standard InChI is InChI=1S/C14H17FN4O3/c15-8-5-11(13(16)12(6-8)19(21)22)14(20)18-4-3-9-1-2-10(7-18)17-9/h5-6,9-10,17H,1-4,7,16H2. The van der Waals surface area contributed by atoms with Gasteiger partial charge in [0.1, 0.15) is 11.5 Å². The molecule has 2 aliphatic heterocycles. The number of carbonyl (C=O) groups is 1. The summed E-state index contributed by atoms with van der Waals surface area (Å²) in [5.41, 5.74) is 4.72. The smallest absolute Gasteiger partial charge is 0.295 e. The van der Waals surface area contributed by atoms with E-state index in [1.807, 2.05) is 0 Å². The van der Waals surface area contributed by atoms with Gasteiger partial charge >= 0.3 is 0 Å². The molecule has 1 aromatic carbocycles. The summed E-state index contributed by atoms with van der Waals surface area (Å²) < 4.78 is 13.6. The molecule has 2 heterocycles. The maximum absolute atomic E-state index is 13.6. The average Bonchev–Trinajstić information content (AvgIpc) is 2.79. The zero-order valence-electron chi connectivity index (χ0n) is 11.9. The van der Waals surface area contributed by atoms with Crippen molar-refractivity contribution in [2.24, 2.45) is 0 Å². The number of hydrogen-bond donors (Lipinski definition) is 2. The number of benzene rings is 1. The first kappa shape index (κ1) is 14.7. The molecule has 2 fully saturated rings. The van der Waals surface area contributed by atoms with E-state index in [2.05, 4.69) is 5.32 Å². The number of nitro groups is 1. The SMILES string of the molecule is Nc1c(C(=O)N2CCC3CCC(C2)N3)cc(F)cc1[N+](=O)[O-]. The van der Waals surface area contributed by atoms with E-state index in [-0.39, 0.29) is 17.3 Å². The Morgan fingerprint density at radius 3 is 2.82 bits per heavy atom. The van der Waals surface area contributed by atoms with Gasteiger partial charge in [0.25, 0.3) is 11.6 Å². The average molecular weight is 308 g/mol. The molecule has 2 aliphatic rings. The number of anilines is 1. The number of halogens is 1. The molecule has 3 N–H and O–H groups in total. The van der Waals surface area contributed by atoms with Gasteiger partial charge in [-0.2, -0.15) is 0 Å². The van der Waals surface area contributed by atoms with Crippen LogP contribution >= 0.6 is 0 Å². The minimum Gasteiger partial charge on any atom is -0.393 e. The Labute approximate surface area is 126 Å². The first-order valence-electron chi connectivity index (χ1n) is 7.24. The summed E-state index contributed by atoms with van der Waals surface area (Å²) in [6.45, 7) is 1.05. The van der Waals surface area contributed by atoms with Crippen molar-refractivity contribution in [2.45, 2.75) is 31.3 Å². The Morgan fingerprint density at radius 2 is 2.09 bits per heavy atom. The van der Waals surface area contributed by atoms with Gasteiger partial charge in [0.05, 0.1) is 16.6 Å². The summed E-state index contributed by atoms with van der Waals surface area (Å²) in [5, 5.41) is 14.3. The molecule has 22 heavy (non-hydrogen) atoms. The largest absolute Gasteiger partial charge is 0.393 e. The van der Waals surface area contributed by atoms with Gasteiger partial charge in [-0.25, -0.2) is 4.39 Å². The molecule has 2 bridgehead atoms. The van der Waals surface area contributed by atoms with Crippen molar-refractivity contribution >= 4 is 17.3 Å². The van der Waals surface area contributed by atoms with Gasteiger partial charge in [-0.1, -0.05) is 0 Å². The highest BCUT2D eigenvalue weighted by molar-refractivity contribution is 6.01. The zero-order chi connectivity index (χ0) is 15.9. The van der Waals surface area contributed by atoms with Crippen LogP contribution in [0.25, 0.3) is 0 Å². The van der Waals surface area contributed by atoms with Gasteiger partial charge in [0.2, 0.25) is 0 Å². The van der Waals surface area contributed by atoms with E-state index in [9.17, 15) is 19.3 Å². The molecule has 3 rings (SSSR count). The molecule has 2 saturated heterocycles. The monoisotopic (exact) mass is 308 g/mol. The minimum absolute atomic E-state index is 0.135. The van der Waals surface area contributed by atoms with Crippen molar-refractivity contribution in [1.29, 1.82) is 0 Å². The van der Waals surface area contributed by atoms with E-state index in [1.54, 1.807) is 4.90 Å². The highest BCUT2D eigenvalue weighted by Gasteiger charge is 2.33. The van der Waals surface area contributed by atoms with Crippen LogP contribution in [-0.4, -0.2) is 40.9 Å². The molecule has 0 radical (unpaired) electrons. The fourth-order valence-corrected chi connectivity index (χ4v) is 3.23. The topological polar surface area (TPSA) is 102 Å². The molecule has 0 aromatic heterocycles. The summed E-state index contributed by atoms with van der Waals surface area (Å²) in [5.74, 6) is -1.28. The number of amides is 1. The first-order valence-corrected chi connectivity index (χ1v) is 7.24. The fraction of sp³-hybridized carbons (Fsp3) is 0.500. The van der Waals surface area contributed by atoms with Gasteiger partial charge in [0, 0.05) is 25.2 Å². The van der Waals surface area contributed by atoms with Crippen LogP contribution in [0.4, 0.5) is 15.8 Å². The third-order valence-corrected chi connectivity index (χ3v) is 4.36. The van der Waals surface area contributed by atoms with Crippen LogP contribution in [-0.2, 0) is 0 Å². The van der Waals surface area contributed by atoms with E-state index in [0.717, 1.165) is 31.4 Å². The highest BCUT2D eigenvalue weighted by Crippen LogP contribution is 2.29. The number of hydrogen-bond acceptors (Lipinski definition) is 5. The van der Waals surface area contributed by atoms with E-state index in [1.165, 1.54) is 0 Å². The van der Waals surface area contributed by atoms with Crippen molar-refractivity contribution in [3.05, 3.63) is 33.6 Å². The highest BCUT2D eigenvalue weighted by atomic mass is 19.1. The van der Waals surface area contributed by atoms with Gasteiger partial charge in [0.15, 0.2) is 0 Å². The van der Waals surface area contributed by atoms with Crippen LogP contribution in [0.5, 0.6) is 0 Å². The Bertz CT molecular complexity index is 637. The third kappa shape index (κ3) is 2.61. The number of nitro benzene ring substituents is 1. The maximum atomic E-state index is 13.6. The van der Waals surface area contributed by atoms with Gasteiger partial charge < -0.3 is 16.0 Å². The molecule has 2 unspecified atom stereocenters. The lowest BCUT2D eigenvalue weighted by atomic mass is 10.1. The van der Waals surface area contributed by atoms with Gasteiger partial charge in [-0.15, -0.1) is 0 Å². The maximum Gasteiger partial charge on any atom is 0.295 e. The Morgan fingerprint density at radius 1 is 1.36 bits per heavy atom. The van der Waals surface area contributed by atoms with Crippen molar-refractivity contribution in [3.8, 4) is 0 Å². The predicted molar refractivity (Wildman–Crippen MR) is 77.9 cm³/mol. The Balaban J connectivity index is 1.90. The molecule has 7 nitrogen and oxygen atoms in total. The normalized spacial score (nSPS) is 24.1. The molecule has 0 aliphatic carbocycles. The number of carbonyl (C=O) groups excluding carboxylic acids is 1. The van der Waals surface area contributed by atoms with Gasteiger partial charge in [-0.3, -0.25) is 14.9 Å². The molecule has 1 aromatic rings. The molecular weight excluding hydrogens is 291 g/mol. The summed E-state index contributed by atoms with van der Waals surface area (Å²) >= 11 is 0. The van der Waals surface area contributed by atoms with Crippen LogP contribution in [0.15, 0.2) is 12.1 Å². The number of fused-ring (bicyclic) bond motifs is 2. The van der Waals surface area contributed by atoms with Gasteiger partial charge in [-0.05, 0) is 25.3 Å². The van der Waals surface area contributed by atoms with Crippen LogP contribution in [0.1, 0.15) is 29.6 Å². The Kier molecular flexibility index (Phi) is 3.69. The minimum atomic E-state index is -0.835. The van der Waals surface area contributed by atoms with Crippen molar-refractivity contribution < 1.29 is 14.1 Å². The van der Waals surface area contributed by atoms with E-state index < -0.39 is 22.3 Å². The molecule has 8 heteroatoms. The number of nitrogens with two attached hydrogens (primary N) is 1. The second-order valence-corrected chi connectivity index (χ2v) is 5.82. The lowest BCUT2D eigenvalue weighted by molar-refractivity contribution is -0.384. The number of rotatable bonds is 2. The van der Waals surface area contributed by atoms with Crippen LogP contribution in [0.3, 0.4) is 0 Å². The second-order valence-electron chi connectivity index (χ2n) is 5.82. The molecule has 0 saturated carbocycles. The van der Waals surface area contributed by atoms with Crippen molar-refractivity contribution in [3.63, 3.8) is 0 Å². The lowest BCUT2D eigenvalue weighted by Gasteiger charge is -2.24. The molecule has 118 valence electrons. The quantitative estimate of drug-likeness (QED) is 0.487. The summed E-state index contributed by atoms with van der Waals surface area (Å²) in [4.78, 5) is 24.3. The fourth-order valence-electron chi connectivity index (χ4n) is 3.23. The van der Waals surface area contributed by atoms with E-state index in [4.69, 9.17) is 5.73 Å². The summed E-state index contributed by atoms with van der Waals surface area (Å²) in [7, 11) is 0. The summed E-state index contributed by atoms with van der Waals surface area (Å²) in [6.07, 6.45) is 2.91. The van der Waals surface area contributed by atoms with E-state index >= 15 is 0 Å². The van der Waals surface area contributed by atoms with Crippen LogP contribution < -0.4 is 11.1 Å². The first-order chi connectivity index (χ1) is 10.5. The molecule has 1 amide bonds. The lowest BCUT2D eigenvalue weighted by Crippen LogP contribution is -2.39. The Hall–Kier alpha value is -2.22. The van der Waals surface area contributed by atoms with Crippen molar-refractivity contribution in [1.82, 2.24) is 10.2 Å². The molecule has 0 spiro atoms. The van der Waals surface area contributed by atoms with Crippen LogP contribution in [0, 0.1) is 15.9 Å². The molecule has 2 atom stereocenters. The number of nitrogen functional groups attached to an aromatic ring is 1. The van der Waals surface area contributed by atoms with E-state index in [0.29, 0.717) is 19.1 Å². The number of likely N-dealkylation sites (tertiary alicyclic amines) is 1. The third-order valence-electron chi connectivity index (χ3n) is 4.36. The summed E-state index contributed by atoms with van der Waals surface area (Å²) in [6, 6.07) is 2.34. The number of nitrogens with zero attached hydrogens (tertiary/aromatic N) is 2. The van der Waals surface area contributed by atoms with Crippen LogP contribution in [0.2, 0.25) is 0 Å². The predicted octanol–water partition coefficient (Wildman–Crippen LogP) is 1.28. The second kappa shape index (κ2) is 5.53.